The molecule has 7 heteroatoms. The van der Waals surface area contributed by atoms with Gasteiger partial charge in [0.2, 0.25) is 0 Å². The normalized spacial score (nSPS) is 19.6. The van der Waals surface area contributed by atoms with E-state index in [2.05, 4.69) is 10.3 Å². The van der Waals surface area contributed by atoms with Crippen LogP contribution in [-0.4, -0.2) is 28.4 Å². The van der Waals surface area contributed by atoms with Crippen molar-refractivity contribution in [3.8, 4) is 5.75 Å². The summed E-state index contributed by atoms with van der Waals surface area (Å²) in [7, 11) is 0. The van der Waals surface area contributed by atoms with E-state index in [0.717, 1.165) is 5.76 Å². The van der Waals surface area contributed by atoms with Crippen LogP contribution in [0.15, 0.2) is 34.9 Å². The molecule has 0 aromatic carbocycles. The summed E-state index contributed by atoms with van der Waals surface area (Å²) < 4.78 is 11.2. The topological polar surface area (TPSA) is 84.7 Å². The van der Waals surface area contributed by atoms with Crippen LogP contribution in [-0.2, 0) is 16.1 Å². The maximum atomic E-state index is 13.0. The lowest BCUT2D eigenvalue weighted by molar-refractivity contribution is -0.149. The van der Waals surface area contributed by atoms with Gasteiger partial charge in [-0.25, -0.2) is 4.98 Å². The van der Waals surface area contributed by atoms with Gasteiger partial charge in [0.25, 0.3) is 17.4 Å². The number of ether oxygens (including phenoxy) is 1. The number of nitrogens with zero attached hydrogens (tertiary/aromatic N) is 2. The fourth-order valence-corrected chi connectivity index (χ4v) is 2.77. The van der Waals surface area contributed by atoms with Gasteiger partial charge in [-0.1, -0.05) is 0 Å². The molecule has 1 N–H and O–H groups in total. The van der Waals surface area contributed by atoms with Crippen LogP contribution in [0.3, 0.4) is 0 Å². The van der Waals surface area contributed by atoms with Gasteiger partial charge < -0.3 is 14.5 Å². The Morgan fingerprint density at radius 2 is 2.12 bits per heavy atom. The van der Waals surface area contributed by atoms with Crippen molar-refractivity contribution in [2.45, 2.75) is 45.9 Å². The van der Waals surface area contributed by atoms with Crippen molar-refractivity contribution in [3.05, 3.63) is 42.0 Å². The fourth-order valence-electron chi connectivity index (χ4n) is 2.77. The molecule has 0 radical (unpaired) electrons. The maximum Gasteiger partial charge on any atom is 0.282 e. The molecule has 0 saturated carbocycles. The number of aryl methyl sites for hydroxylation is 1. The standard InChI is InChI=1S/C18H21N3O4/c1-11(2)21-15-14(6-5-9-19-15)25-18(4,17(21)23)16(22)20-10-13-8-7-12(3)24-13/h5-9,11H,10H2,1-4H3,(H,20,22). The molecule has 2 aromatic heterocycles. The van der Waals surface area contributed by atoms with E-state index in [-0.39, 0.29) is 12.6 Å². The Labute approximate surface area is 146 Å². The molecule has 2 aromatic rings. The molecule has 1 unspecified atom stereocenters. The third-order valence-electron chi connectivity index (χ3n) is 4.09. The number of furan rings is 1. The average Bonchev–Trinajstić information content (AvgIpc) is 2.98. The summed E-state index contributed by atoms with van der Waals surface area (Å²) in [4.78, 5) is 31.5. The van der Waals surface area contributed by atoms with E-state index >= 15 is 0 Å². The predicted octanol–water partition coefficient (Wildman–Crippen LogP) is 2.19. The van der Waals surface area contributed by atoms with E-state index in [9.17, 15) is 9.59 Å². The fraction of sp³-hybridized carbons (Fsp3) is 0.389. The highest BCUT2D eigenvalue weighted by molar-refractivity contribution is 6.16. The Morgan fingerprint density at radius 3 is 2.76 bits per heavy atom. The van der Waals surface area contributed by atoms with E-state index < -0.39 is 17.4 Å². The number of aromatic nitrogens is 1. The molecule has 0 aliphatic carbocycles. The van der Waals surface area contributed by atoms with Crippen molar-refractivity contribution in [2.24, 2.45) is 0 Å². The van der Waals surface area contributed by atoms with Gasteiger partial charge in [0.05, 0.1) is 6.54 Å². The molecule has 0 saturated heterocycles. The first-order valence-electron chi connectivity index (χ1n) is 8.14. The number of amides is 2. The first-order valence-corrected chi connectivity index (χ1v) is 8.14. The summed E-state index contributed by atoms with van der Waals surface area (Å²) in [5.74, 6) is 1.23. The van der Waals surface area contributed by atoms with Crippen molar-refractivity contribution >= 4 is 17.6 Å². The van der Waals surface area contributed by atoms with Gasteiger partial charge in [-0.3, -0.25) is 14.5 Å². The van der Waals surface area contributed by atoms with Gasteiger partial charge in [0, 0.05) is 12.2 Å². The van der Waals surface area contributed by atoms with Gasteiger partial charge in [0.15, 0.2) is 11.6 Å². The molecule has 0 fully saturated rings. The summed E-state index contributed by atoms with van der Waals surface area (Å²) in [6.45, 7) is 7.21. The van der Waals surface area contributed by atoms with Gasteiger partial charge in [-0.2, -0.15) is 0 Å². The number of hydrogen-bond donors (Lipinski definition) is 1. The minimum absolute atomic E-state index is 0.162. The van der Waals surface area contributed by atoms with Crippen molar-refractivity contribution in [3.63, 3.8) is 0 Å². The highest BCUT2D eigenvalue weighted by Gasteiger charge is 2.51. The predicted molar refractivity (Wildman–Crippen MR) is 91.2 cm³/mol. The van der Waals surface area contributed by atoms with Gasteiger partial charge in [0.1, 0.15) is 11.5 Å². The van der Waals surface area contributed by atoms with Crippen molar-refractivity contribution < 1.29 is 18.7 Å². The van der Waals surface area contributed by atoms with Crippen LogP contribution in [0.5, 0.6) is 5.75 Å². The molecular formula is C18H21N3O4. The SMILES string of the molecule is Cc1ccc(CNC(=O)C2(C)Oc3cccnc3N(C(C)C)C2=O)o1. The minimum Gasteiger partial charge on any atom is -0.465 e. The average molecular weight is 343 g/mol. The van der Waals surface area contributed by atoms with E-state index in [4.69, 9.17) is 9.15 Å². The summed E-state index contributed by atoms with van der Waals surface area (Å²) in [5.41, 5.74) is -1.66. The number of rotatable bonds is 4. The molecule has 2 amide bonds. The van der Waals surface area contributed by atoms with Crippen LogP contribution in [0.2, 0.25) is 0 Å². The molecule has 0 bridgehead atoms. The van der Waals surface area contributed by atoms with Gasteiger partial charge in [-0.15, -0.1) is 0 Å². The molecule has 3 rings (SSSR count). The van der Waals surface area contributed by atoms with E-state index in [0.29, 0.717) is 17.3 Å². The van der Waals surface area contributed by atoms with Crippen molar-refractivity contribution in [2.75, 3.05) is 4.90 Å². The van der Waals surface area contributed by atoms with Crippen LogP contribution in [0.25, 0.3) is 0 Å². The van der Waals surface area contributed by atoms with Crippen molar-refractivity contribution in [1.29, 1.82) is 0 Å². The molecule has 1 aliphatic heterocycles. The smallest absolute Gasteiger partial charge is 0.282 e. The quantitative estimate of drug-likeness (QED) is 0.860. The lowest BCUT2D eigenvalue weighted by Crippen LogP contribution is -2.63. The number of carbonyl (C=O) groups is 2. The molecule has 0 spiro atoms. The minimum atomic E-state index is -1.66. The third-order valence-corrected chi connectivity index (χ3v) is 4.09. The van der Waals surface area contributed by atoms with Crippen LogP contribution in [0.4, 0.5) is 5.82 Å². The zero-order chi connectivity index (χ0) is 18.2. The molecule has 7 nitrogen and oxygen atoms in total. The highest BCUT2D eigenvalue weighted by atomic mass is 16.5. The second-order valence-corrected chi connectivity index (χ2v) is 6.42. The number of hydrogen-bond acceptors (Lipinski definition) is 5. The van der Waals surface area contributed by atoms with Crippen LogP contribution in [0, 0.1) is 6.92 Å². The molecular weight excluding hydrogens is 322 g/mol. The first kappa shape index (κ1) is 17.0. The lowest BCUT2D eigenvalue weighted by Gasteiger charge is -2.40. The Bertz CT molecular complexity index is 814. The van der Waals surface area contributed by atoms with Gasteiger partial charge in [-0.05, 0) is 52.0 Å². The van der Waals surface area contributed by atoms with E-state index in [1.54, 1.807) is 24.4 Å². The van der Waals surface area contributed by atoms with Crippen LogP contribution >= 0.6 is 0 Å². The Balaban J connectivity index is 1.86. The molecule has 3 heterocycles. The number of nitrogens with one attached hydrogen (secondary N) is 1. The summed E-state index contributed by atoms with van der Waals surface area (Å²) in [6, 6.07) is 6.84. The Hall–Kier alpha value is -2.83. The molecule has 25 heavy (non-hydrogen) atoms. The maximum absolute atomic E-state index is 13.0. The molecule has 1 atom stereocenters. The summed E-state index contributed by atoms with van der Waals surface area (Å²) in [6.07, 6.45) is 1.59. The van der Waals surface area contributed by atoms with Gasteiger partial charge >= 0.3 is 0 Å². The first-order chi connectivity index (χ1) is 11.8. The molecule has 132 valence electrons. The zero-order valence-corrected chi connectivity index (χ0v) is 14.7. The number of carbonyl (C=O) groups excluding carboxylic acids is 2. The van der Waals surface area contributed by atoms with E-state index in [1.807, 2.05) is 26.8 Å². The molecule has 1 aliphatic rings. The monoisotopic (exact) mass is 343 g/mol. The summed E-state index contributed by atoms with van der Waals surface area (Å²) >= 11 is 0. The van der Waals surface area contributed by atoms with E-state index in [1.165, 1.54) is 11.8 Å². The number of pyridine rings is 1. The van der Waals surface area contributed by atoms with Crippen LogP contribution < -0.4 is 15.0 Å². The zero-order valence-electron chi connectivity index (χ0n) is 14.7. The van der Waals surface area contributed by atoms with Crippen molar-refractivity contribution in [1.82, 2.24) is 10.3 Å². The largest absolute Gasteiger partial charge is 0.465 e. The second kappa shape index (κ2) is 6.23. The second-order valence-electron chi connectivity index (χ2n) is 6.42. The Morgan fingerprint density at radius 1 is 1.36 bits per heavy atom. The lowest BCUT2D eigenvalue weighted by atomic mass is 10.00. The number of anilines is 1. The highest BCUT2D eigenvalue weighted by Crippen LogP contribution is 2.37. The Kier molecular flexibility index (Phi) is 4.24. The third kappa shape index (κ3) is 2.97. The summed E-state index contributed by atoms with van der Waals surface area (Å²) in [5, 5.41) is 2.72. The van der Waals surface area contributed by atoms with Crippen LogP contribution in [0.1, 0.15) is 32.3 Å². The number of fused-ring (bicyclic) bond motifs is 1.